The van der Waals surface area contributed by atoms with Gasteiger partial charge in [-0.05, 0) is 113 Å². The largest absolute Gasteiger partial charge is 0.508 e. The van der Waals surface area contributed by atoms with Crippen LogP contribution in [0.1, 0.15) is 101 Å². The van der Waals surface area contributed by atoms with Gasteiger partial charge in [0.2, 0.25) is 0 Å². The number of unbranched alkanes of at least 4 members (excludes halogenated alkanes) is 5. The molecule has 0 spiro atoms. The maximum absolute atomic E-state index is 16.1. The Hall–Kier alpha value is -2.20. The molecule has 7 atom stereocenters. The average Bonchev–Trinajstić information content (AvgIpc) is 3.27. The van der Waals surface area contributed by atoms with E-state index in [0.717, 1.165) is 43.2 Å². The molecule has 0 heterocycles. The number of hydrogen-bond donors (Lipinski definition) is 2. The Morgan fingerprint density at radius 1 is 0.918 bits per heavy atom. The maximum Gasteiger partial charge on any atom is 0.460 e. The Morgan fingerprint density at radius 3 is 2.14 bits per heavy atom. The number of rotatable bonds is 15. The number of aromatic hydroxyl groups is 1. The van der Waals surface area contributed by atoms with Gasteiger partial charge >= 0.3 is 23.9 Å². The van der Waals surface area contributed by atoms with E-state index in [0.29, 0.717) is 38.8 Å². The predicted octanol–water partition coefficient (Wildman–Crippen LogP) is 9.70. The van der Waals surface area contributed by atoms with Crippen molar-refractivity contribution >= 4 is 0 Å². The molecule has 3 aliphatic rings. The minimum Gasteiger partial charge on any atom is -0.508 e. The van der Waals surface area contributed by atoms with E-state index in [1.807, 2.05) is 24.9 Å². The summed E-state index contributed by atoms with van der Waals surface area (Å²) in [5.74, 6) is -16.3. The van der Waals surface area contributed by atoms with Crippen molar-refractivity contribution in [3.8, 4) is 18.1 Å². The van der Waals surface area contributed by atoms with Crippen molar-refractivity contribution in [2.45, 2.75) is 132 Å². The molecule has 0 aliphatic heterocycles. The molecular weight excluding hydrogens is 668 g/mol. The van der Waals surface area contributed by atoms with Crippen molar-refractivity contribution in [2.24, 2.45) is 23.2 Å². The first-order chi connectivity index (χ1) is 22.6. The molecule has 0 amide bonds. The lowest BCUT2D eigenvalue weighted by Crippen LogP contribution is -2.60. The fourth-order valence-electron chi connectivity index (χ4n) is 9.03. The fraction of sp³-hybridized carbons (Fsp3) is 0.778. The summed E-state index contributed by atoms with van der Waals surface area (Å²) in [6.45, 7) is 3.20. The zero-order valence-corrected chi connectivity index (χ0v) is 27.9. The minimum absolute atomic E-state index is 0.00291. The van der Waals surface area contributed by atoms with Crippen LogP contribution >= 0.6 is 0 Å². The molecule has 278 valence electrons. The van der Waals surface area contributed by atoms with Crippen LogP contribution in [0.3, 0.4) is 0 Å². The molecule has 0 bridgehead atoms. The highest BCUT2D eigenvalue weighted by Gasteiger charge is 2.81. The third-order valence-corrected chi connectivity index (χ3v) is 11.8. The van der Waals surface area contributed by atoms with Crippen molar-refractivity contribution in [3.63, 3.8) is 0 Å². The summed E-state index contributed by atoms with van der Waals surface area (Å²) in [5.41, 5.74) is -0.197. The van der Waals surface area contributed by atoms with Gasteiger partial charge in [0.15, 0.2) is 0 Å². The summed E-state index contributed by atoms with van der Waals surface area (Å²) in [6.07, 6.45) is 1.66. The van der Waals surface area contributed by atoms with E-state index < -0.39 is 54.0 Å². The highest BCUT2D eigenvalue weighted by Crippen LogP contribution is 2.66. The molecule has 2 fully saturated rings. The van der Waals surface area contributed by atoms with Gasteiger partial charge in [-0.1, -0.05) is 44.6 Å². The molecule has 0 aromatic heterocycles. The number of halogens is 10. The minimum atomic E-state index is -6.85. The number of phenols is 1. The van der Waals surface area contributed by atoms with Crippen LogP contribution in [0.2, 0.25) is 0 Å². The summed E-state index contributed by atoms with van der Waals surface area (Å²) < 4.78 is 133. The molecular formula is C36H47F10NO2. The first-order valence-electron chi connectivity index (χ1n) is 17.2. The van der Waals surface area contributed by atoms with E-state index in [-0.39, 0.29) is 42.3 Å². The van der Waals surface area contributed by atoms with Crippen LogP contribution in [0.15, 0.2) is 18.2 Å². The van der Waals surface area contributed by atoms with Gasteiger partial charge in [0.1, 0.15) is 17.5 Å². The number of fused-ring (bicyclic) bond motifs is 5. The lowest BCUT2D eigenvalue weighted by Gasteiger charge is -2.55. The van der Waals surface area contributed by atoms with E-state index in [4.69, 9.17) is 6.42 Å². The van der Waals surface area contributed by atoms with Crippen LogP contribution in [0.5, 0.6) is 5.75 Å². The Balaban J connectivity index is 1.22. The standard InChI is InChI=1S/C36H47F10NO2/c1-4-32(49)17-15-27-29-23(20-24-21-25(48)13-14-26(24)30(29)28(37)22-31(27,32)2)12-8-7-11-19-47(3)18-10-6-5-9-16-33(38,39)34(40,41)35(42,43)36(44,45)46/h1,13-14,21,23,27-30,48-49H,5-12,15-20,22H2,2-3H3/t23-,27+,28+,29+,30+,31+,32+/m1/s1. The summed E-state index contributed by atoms with van der Waals surface area (Å²) in [5, 5.41) is 21.5. The van der Waals surface area contributed by atoms with Gasteiger partial charge in [-0.15, -0.1) is 6.42 Å². The monoisotopic (exact) mass is 715 g/mol. The summed E-state index contributed by atoms with van der Waals surface area (Å²) in [6, 6.07) is 5.17. The van der Waals surface area contributed by atoms with Crippen molar-refractivity contribution < 1.29 is 54.1 Å². The van der Waals surface area contributed by atoms with Gasteiger partial charge in [-0.3, -0.25) is 0 Å². The molecule has 1 aromatic rings. The molecule has 13 heteroatoms. The molecule has 0 radical (unpaired) electrons. The average molecular weight is 716 g/mol. The number of phenolic OH excluding ortho intramolecular Hbond substituents is 1. The molecule has 2 saturated carbocycles. The second-order valence-corrected chi connectivity index (χ2v) is 14.9. The lowest BCUT2D eigenvalue weighted by molar-refractivity contribution is -0.396. The summed E-state index contributed by atoms with van der Waals surface area (Å²) in [4.78, 5) is 2.02. The highest BCUT2D eigenvalue weighted by molar-refractivity contribution is 5.42. The number of nitrogens with zero attached hydrogens (tertiary/aromatic N) is 1. The first-order valence-corrected chi connectivity index (χ1v) is 17.2. The lowest BCUT2D eigenvalue weighted by atomic mass is 9.50. The molecule has 2 N–H and O–H groups in total. The van der Waals surface area contributed by atoms with Crippen LogP contribution in [0.4, 0.5) is 43.9 Å². The van der Waals surface area contributed by atoms with Crippen LogP contribution < -0.4 is 0 Å². The van der Waals surface area contributed by atoms with E-state index in [1.165, 1.54) is 0 Å². The van der Waals surface area contributed by atoms with Crippen LogP contribution in [0.25, 0.3) is 0 Å². The van der Waals surface area contributed by atoms with Crippen molar-refractivity contribution in [2.75, 3.05) is 20.1 Å². The molecule has 3 aliphatic carbocycles. The van der Waals surface area contributed by atoms with Crippen LogP contribution in [0, 0.1) is 35.5 Å². The number of hydrogen-bond acceptors (Lipinski definition) is 3. The van der Waals surface area contributed by atoms with Gasteiger partial charge in [-0.25, -0.2) is 4.39 Å². The van der Waals surface area contributed by atoms with Crippen LogP contribution in [-0.2, 0) is 6.42 Å². The highest BCUT2D eigenvalue weighted by atomic mass is 19.4. The van der Waals surface area contributed by atoms with E-state index in [2.05, 4.69) is 5.92 Å². The Labute approximate surface area is 281 Å². The quantitative estimate of drug-likeness (QED) is 0.108. The number of terminal acetylenes is 1. The zero-order chi connectivity index (χ0) is 36.6. The summed E-state index contributed by atoms with van der Waals surface area (Å²) in [7, 11) is 1.86. The van der Waals surface area contributed by atoms with Crippen molar-refractivity contribution in [1.82, 2.24) is 4.90 Å². The van der Waals surface area contributed by atoms with Gasteiger partial charge in [0, 0.05) is 17.8 Å². The second kappa shape index (κ2) is 14.4. The topological polar surface area (TPSA) is 43.7 Å². The Kier molecular flexibility index (Phi) is 11.7. The van der Waals surface area contributed by atoms with Gasteiger partial charge in [0.25, 0.3) is 0 Å². The molecule has 1 aromatic carbocycles. The Morgan fingerprint density at radius 2 is 1.53 bits per heavy atom. The first kappa shape index (κ1) is 39.6. The molecule has 0 saturated heterocycles. The smallest absolute Gasteiger partial charge is 0.460 e. The van der Waals surface area contributed by atoms with Gasteiger partial charge in [-0.2, -0.15) is 39.5 Å². The summed E-state index contributed by atoms with van der Waals surface area (Å²) >= 11 is 0. The molecule has 49 heavy (non-hydrogen) atoms. The van der Waals surface area contributed by atoms with Gasteiger partial charge in [0.05, 0.1) is 0 Å². The van der Waals surface area contributed by atoms with E-state index >= 15 is 4.39 Å². The normalized spacial score (nSPS) is 30.5. The van der Waals surface area contributed by atoms with E-state index in [9.17, 15) is 49.7 Å². The Bertz CT molecular complexity index is 1330. The van der Waals surface area contributed by atoms with Crippen LogP contribution in [-0.4, -0.2) is 71.0 Å². The van der Waals surface area contributed by atoms with E-state index in [1.54, 1.807) is 12.1 Å². The molecule has 4 rings (SSSR count). The predicted molar refractivity (Wildman–Crippen MR) is 166 cm³/mol. The maximum atomic E-state index is 16.1. The van der Waals surface area contributed by atoms with Crippen molar-refractivity contribution in [1.29, 1.82) is 0 Å². The third kappa shape index (κ3) is 7.42. The van der Waals surface area contributed by atoms with Gasteiger partial charge < -0.3 is 15.1 Å². The fourth-order valence-corrected chi connectivity index (χ4v) is 9.03. The zero-order valence-electron chi connectivity index (χ0n) is 27.9. The number of benzene rings is 1. The molecule has 3 nitrogen and oxygen atoms in total. The van der Waals surface area contributed by atoms with Crippen molar-refractivity contribution in [3.05, 3.63) is 29.3 Å². The number of alkyl halides is 10. The SMILES string of the molecule is C#C[C@]1(O)CC[C@H]2[C@@H]3[C@H](CCCCCN(C)CCCCCCC(F)(F)C(F)(F)C(F)(F)C(F)(F)F)Cc4cc(O)ccc4[C@H]3[C@@H](F)C[C@@]21C. The second-order valence-electron chi connectivity index (χ2n) is 14.9. The molecule has 0 unspecified atom stereocenters. The number of aliphatic hydroxyl groups is 1. The third-order valence-electron chi connectivity index (χ3n) is 11.8.